The molecule has 1 unspecified atom stereocenters. The molecule has 2 amide bonds. The molecule has 1 saturated heterocycles. The molecule has 2 heterocycles. The van der Waals surface area contributed by atoms with Gasteiger partial charge in [0.25, 0.3) is 0 Å². The molecule has 8 nitrogen and oxygen atoms in total. The van der Waals surface area contributed by atoms with Gasteiger partial charge in [0.2, 0.25) is 17.7 Å². The summed E-state index contributed by atoms with van der Waals surface area (Å²) in [6.45, 7) is 2.27. The first kappa shape index (κ1) is 16.9. The van der Waals surface area contributed by atoms with Crippen LogP contribution in [0.1, 0.15) is 18.1 Å². The number of ether oxygens (including phenoxy) is 1. The van der Waals surface area contributed by atoms with Gasteiger partial charge in [-0.3, -0.25) is 9.59 Å². The Morgan fingerprint density at radius 2 is 2.20 bits per heavy atom. The van der Waals surface area contributed by atoms with Gasteiger partial charge in [-0.15, -0.1) is 0 Å². The lowest BCUT2D eigenvalue weighted by Gasteiger charge is -2.21. The van der Waals surface area contributed by atoms with Crippen molar-refractivity contribution in [2.45, 2.75) is 19.9 Å². The molecule has 0 radical (unpaired) electrons. The van der Waals surface area contributed by atoms with Crippen molar-refractivity contribution in [3.05, 3.63) is 36.0 Å². The van der Waals surface area contributed by atoms with Crippen molar-refractivity contribution in [1.29, 1.82) is 0 Å². The number of hydrogen-bond donors (Lipinski definition) is 0. The van der Waals surface area contributed by atoms with E-state index >= 15 is 0 Å². The Labute approximate surface area is 145 Å². The third-order valence-corrected chi connectivity index (χ3v) is 4.17. The molecule has 0 bridgehead atoms. The molecule has 1 aromatic heterocycles. The van der Waals surface area contributed by atoms with Crippen LogP contribution in [0.2, 0.25) is 0 Å². The lowest BCUT2D eigenvalue weighted by Crippen LogP contribution is -2.34. The summed E-state index contributed by atoms with van der Waals surface area (Å²) in [7, 11) is 3.23. The zero-order valence-corrected chi connectivity index (χ0v) is 14.4. The summed E-state index contributed by atoms with van der Waals surface area (Å²) < 4.78 is 10.2. The molecule has 2 aromatic rings. The number of nitrogens with zero attached hydrogens (tertiary/aromatic N) is 4. The summed E-state index contributed by atoms with van der Waals surface area (Å²) in [5, 5.41) is 3.79. The summed E-state index contributed by atoms with van der Waals surface area (Å²) >= 11 is 0. The number of methoxy groups -OCH3 is 1. The second-order valence-electron chi connectivity index (χ2n) is 6.00. The van der Waals surface area contributed by atoms with E-state index in [1.54, 1.807) is 32.0 Å². The number of carbonyl (C=O) groups is 2. The quantitative estimate of drug-likeness (QED) is 0.814. The van der Waals surface area contributed by atoms with Crippen LogP contribution >= 0.6 is 0 Å². The van der Waals surface area contributed by atoms with Gasteiger partial charge < -0.3 is 19.1 Å². The minimum absolute atomic E-state index is 0.0911. The number of rotatable bonds is 5. The molecule has 1 fully saturated rings. The van der Waals surface area contributed by atoms with Crippen LogP contribution in [0, 0.1) is 12.8 Å². The number of para-hydroxylation sites is 2. The van der Waals surface area contributed by atoms with Gasteiger partial charge in [-0.2, -0.15) is 4.98 Å². The predicted molar refractivity (Wildman–Crippen MR) is 89.0 cm³/mol. The van der Waals surface area contributed by atoms with E-state index in [9.17, 15) is 9.59 Å². The standard InChI is InChI=1S/C17H20N4O4/c1-11-18-15(19-25-11)10-20(2)17(23)12-8-16(22)21(9-12)13-6-4-5-7-14(13)24-3/h4-7,12H,8-10H2,1-3H3. The Hall–Kier alpha value is -2.90. The molecule has 25 heavy (non-hydrogen) atoms. The van der Waals surface area contributed by atoms with E-state index in [0.29, 0.717) is 29.7 Å². The van der Waals surface area contributed by atoms with Gasteiger partial charge in [-0.05, 0) is 12.1 Å². The van der Waals surface area contributed by atoms with Gasteiger partial charge in [0.05, 0.1) is 25.3 Å². The summed E-state index contributed by atoms with van der Waals surface area (Å²) in [6.07, 6.45) is 0.173. The number of hydrogen-bond acceptors (Lipinski definition) is 6. The number of carbonyl (C=O) groups excluding carboxylic acids is 2. The van der Waals surface area contributed by atoms with Crippen LogP contribution in [0.15, 0.2) is 28.8 Å². The molecular formula is C17H20N4O4. The number of benzene rings is 1. The predicted octanol–water partition coefficient (Wildman–Crippen LogP) is 1.40. The van der Waals surface area contributed by atoms with Crippen molar-refractivity contribution in [3.8, 4) is 5.75 Å². The third kappa shape index (κ3) is 3.47. The number of anilines is 1. The average molecular weight is 344 g/mol. The highest BCUT2D eigenvalue weighted by molar-refractivity contribution is 6.01. The Morgan fingerprint density at radius 3 is 2.88 bits per heavy atom. The molecule has 8 heteroatoms. The lowest BCUT2D eigenvalue weighted by molar-refractivity contribution is -0.135. The molecule has 0 spiro atoms. The second-order valence-corrected chi connectivity index (χ2v) is 6.00. The fourth-order valence-electron chi connectivity index (χ4n) is 2.97. The normalized spacial score (nSPS) is 17.0. The molecule has 1 atom stereocenters. The van der Waals surface area contributed by atoms with Crippen molar-refractivity contribution >= 4 is 17.5 Å². The molecule has 0 saturated carbocycles. The van der Waals surface area contributed by atoms with Gasteiger partial charge in [-0.1, -0.05) is 17.3 Å². The van der Waals surface area contributed by atoms with Crippen LogP contribution in [0.5, 0.6) is 5.75 Å². The Bertz CT molecular complexity index is 788. The highest BCUT2D eigenvalue weighted by atomic mass is 16.5. The number of amides is 2. The van der Waals surface area contributed by atoms with Gasteiger partial charge >= 0.3 is 0 Å². The maximum Gasteiger partial charge on any atom is 0.228 e. The molecule has 0 aliphatic carbocycles. The summed E-state index contributed by atoms with van der Waals surface area (Å²) in [6, 6.07) is 7.29. The maximum atomic E-state index is 12.7. The van der Waals surface area contributed by atoms with E-state index in [0.717, 1.165) is 0 Å². The van der Waals surface area contributed by atoms with E-state index in [1.165, 1.54) is 4.90 Å². The Kier molecular flexibility index (Phi) is 4.69. The fraction of sp³-hybridized carbons (Fsp3) is 0.412. The SMILES string of the molecule is COc1ccccc1N1CC(C(=O)N(C)Cc2noc(C)n2)CC1=O. The fourth-order valence-corrected chi connectivity index (χ4v) is 2.97. The molecule has 1 aromatic carbocycles. The largest absolute Gasteiger partial charge is 0.495 e. The smallest absolute Gasteiger partial charge is 0.228 e. The van der Waals surface area contributed by atoms with Crippen LogP contribution in [-0.2, 0) is 16.1 Å². The first-order valence-electron chi connectivity index (χ1n) is 7.97. The molecule has 1 aliphatic heterocycles. The van der Waals surface area contributed by atoms with Crippen LogP contribution in [-0.4, -0.2) is 47.6 Å². The Balaban J connectivity index is 1.70. The summed E-state index contributed by atoms with van der Waals surface area (Å²) in [4.78, 5) is 32.3. The molecule has 3 rings (SSSR count). The van der Waals surface area contributed by atoms with E-state index in [2.05, 4.69) is 10.1 Å². The summed E-state index contributed by atoms with van der Waals surface area (Å²) in [5.41, 5.74) is 0.682. The van der Waals surface area contributed by atoms with Gasteiger partial charge in [-0.25, -0.2) is 0 Å². The monoisotopic (exact) mass is 344 g/mol. The molecule has 0 N–H and O–H groups in total. The van der Waals surface area contributed by atoms with E-state index in [1.807, 2.05) is 18.2 Å². The van der Waals surface area contributed by atoms with Crippen molar-refractivity contribution in [2.24, 2.45) is 5.92 Å². The van der Waals surface area contributed by atoms with Crippen LogP contribution in [0.3, 0.4) is 0 Å². The lowest BCUT2D eigenvalue weighted by atomic mass is 10.1. The van der Waals surface area contributed by atoms with Gasteiger partial charge in [0, 0.05) is 26.9 Å². The maximum absolute atomic E-state index is 12.7. The number of aryl methyl sites for hydroxylation is 1. The van der Waals surface area contributed by atoms with Crippen molar-refractivity contribution in [3.63, 3.8) is 0 Å². The van der Waals surface area contributed by atoms with Gasteiger partial charge in [0.15, 0.2) is 5.82 Å². The topological polar surface area (TPSA) is 88.8 Å². The first-order valence-corrected chi connectivity index (χ1v) is 7.97. The number of aromatic nitrogens is 2. The van der Waals surface area contributed by atoms with Crippen LogP contribution < -0.4 is 9.64 Å². The highest BCUT2D eigenvalue weighted by Crippen LogP contribution is 2.33. The molecule has 132 valence electrons. The first-order chi connectivity index (χ1) is 12.0. The molecular weight excluding hydrogens is 324 g/mol. The zero-order chi connectivity index (χ0) is 18.0. The molecule has 1 aliphatic rings. The van der Waals surface area contributed by atoms with E-state index < -0.39 is 5.92 Å². The van der Waals surface area contributed by atoms with Crippen LogP contribution in [0.4, 0.5) is 5.69 Å². The highest BCUT2D eigenvalue weighted by Gasteiger charge is 2.37. The van der Waals surface area contributed by atoms with E-state index in [4.69, 9.17) is 9.26 Å². The van der Waals surface area contributed by atoms with Crippen molar-refractivity contribution < 1.29 is 18.8 Å². The van der Waals surface area contributed by atoms with Crippen molar-refractivity contribution in [2.75, 3.05) is 25.6 Å². The van der Waals surface area contributed by atoms with E-state index in [-0.39, 0.29) is 24.8 Å². The Morgan fingerprint density at radius 1 is 1.44 bits per heavy atom. The minimum atomic E-state index is -0.407. The zero-order valence-electron chi connectivity index (χ0n) is 14.4. The third-order valence-electron chi connectivity index (χ3n) is 4.17. The van der Waals surface area contributed by atoms with Crippen LogP contribution in [0.25, 0.3) is 0 Å². The average Bonchev–Trinajstić information content (AvgIpc) is 3.19. The minimum Gasteiger partial charge on any atom is -0.495 e. The second kappa shape index (κ2) is 6.92. The summed E-state index contributed by atoms with van der Waals surface area (Å²) in [5.74, 6) is 0.892. The van der Waals surface area contributed by atoms with Crippen molar-refractivity contribution in [1.82, 2.24) is 15.0 Å². The van der Waals surface area contributed by atoms with Gasteiger partial charge in [0.1, 0.15) is 5.75 Å².